The Kier molecular flexibility index (Phi) is 3.43. The quantitative estimate of drug-likeness (QED) is 0.803. The van der Waals surface area contributed by atoms with Crippen molar-refractivity contribution in [3.05, 3.63) is 53.6 Å². The van der Waals surface area contributed by atoms with Crippen LogP contribution in [0.4, 0.5) is 8.78 Å². The number of rotatable bonds is 3. The first-order chi connectivity index (χ1) is 10.1. The van der Waals surface area contributed by atoms with E-state index in [0.29, 0.717) is 29.9 Å². The third-order valence-corrected chi connectivity index (χ3v) is 3.53. The summed E-state index contributed by atoms with van der Waals surface area (Å²) in [6, 6.07) is 10.1. The fourth-order valence-electron chi connectivity index (χ4n) is 2.50. The lowest BCUT2D eigenvalue weighted by Gasteiger charge is -2.09. The van der Waals surface area contributed by atoms with Crippen molar-refractivity contribution in [1.29, 1.82) is 0 Å². The normalized spacial score (nSPS) is 11.2. The molecule has 0 atom stereocenters. The molecule has 3 aromatic rings. The smallest absolute Gasteiger partial charge is 0.161 e. The van der Waals surface area contributed by atoms with E-state index >= 15 is 0 Å². The van der Waals surface area contributed by atoms with Gasteiger partial charge in [-0.2, -0.15) is 0 Å². The van der Waals surface area contributed by atoms with E-state index in [1.807, 2.05) is 35.8 Å². The molecule has 3 nitrogen and oxygen atoms in total. The summed E-state index contributed by atoms with van der Waals surface area (Å²) in [5.41, 5.74) is 8.61. The van der Waals surface area contributed by atoms with Crippen LogP contribution in [0.15, 0.2) is 36.4 Å². The number of hydrogen-bond acceptors (Lipinski definition) is 2. The highest BCUT2D eigenvalue weighted by molar-refractivity contribution is 5.81. The van der Waals surface area contributed by atoms with E-state index in [9.17, 15) is 8.78 Å². The van der Waals surface area contributed by atoms with Crippen LogP contribution >= 0.6 is 0 Å². The van der Waals surface area contributed by atoms with Gasteiger partial charge in [-0.15, -0.1) is 0 Å². The van der Waals surface area contributed by atoms with E-state index in [1.54, 1.807) is 0 Å². The Labute approximate surface area is 121 Å². The maximum Gasteiger partial charge on any atom is 0.161 e. The van der Waals surface area contributed by atoms with Gasteiger partial charge in [-0.1, -0.05) is 24.3 Å². The molecule has 0 spiro atoms. The fraction of sp³-hybridized carbons (Fsp3) is 0.188. The Morgan fingerprint density at radius 1 is 1.14 bits per heavy atom. The lowest BCUT2D eigenvalue weighted by atomic mass is 10.1. The molecular weight excluding hydrogens is 272 g/mol. The van der Waals surface area contributed by atoms with Gasteiger partial charge < -0.3 is 10.3 Å². The van der Waals surface area contributed by atoms with Crippen molar-refractivity contribution in [3.63, 3.8) is 0 Å². The number of nitrogens with zero attached hydrogens (tertiary/aromatic N) is 2. The maximum absolute atomic E-state index is 13.5. The average molecular weight is 287 g/mol. The fourth-order valence-corrected chi connectivity index (χ4v) is 2.50. The molecule has 0 radical (unpaired) electrons. The highest BCUT2D eigenvalue weighted by atomic mass is 19.2. The first kappa shape index (κ1) is 13.7. The molecule has 0 saturated carbocycles. The van der Waals surface area contributed by atoms with E-state index in [-0.39, 0.29) is 0 Å². The van der Waals surface area contributed by atoms with Gasteiger partial charge in [0.15, 0.2) is 11.6 Å². The maximum atomic E-state index is 13.5. The molecule has 21 heavy (non-hydrogen) atoms. The molecule has 0 unspecified atom stereocenters. The molecule has 0 aliphatic carbocycles. The molecule has 0 aliphatic rings. The first-order valence-corrected chi connectivity index (χ1v) is 6.73. The van der Waals surface area contributed by atoms with Crippen molar-refractivity contribution in [3.8, 4) is 11.4 Å². The number of aryl methyl sites for hydroxylation is 1. The third-order valence-electron chi connectivity index (χ3n) is 3.53. The highest BCUT2D eigenvalue weighted by Gasteiger charge is 2.16. The third kappa shape index (κ3) is 2.29. The monoisotopic (exact) mass is 287 g/mol. The van der Waals surface area contributed by atoms with Crippen LogP contribution in [0.3, 0.4) is 0 Å². The summed E-state index contributed by atoms with van der Waals surface area (Å²) in [4.78, 5) is 4.47. The summed E-state index contributed by atoms with van der Waals surface area (Å²) in [5.74, 6) is -1.09. The topological polar surface area (TPSA) is 43.8 Å². The highest BCUT2D eigenvalue weighted by Crippen LogP contribution is 2.28. The second-order valence-electron chi connectivity index (χ2n) is 4.95. The summed E-state index contributed by atoms with van der Waals surface area (Å²) in [6.45, 7) is 2.86. The zero-order chi connectivity index (χ0) is 15.0. The van der Waals surface area contributed by atoms with Crippen LogP contribution in [-0.2, 0) is 6.54 Å². The Hall–Kier alpha value is -2.27. The Bertz CT molecular complexity index is 809. The minimum atomic E-state index is -0.892. The SMILES string of the molecule is Cc1ccccc1-c1nc2cc(F)c(F)cc2n1CCN. The van der Waals surface area contributed by atoms with Gasteiger partial charge in [0.05, 0.1) is 11.0 Å². The minimum absolute atomic E-state index is 0.392. The molecule has 5 heteroatoms. The summed E-state index contributed by atoms with van der Waals surface area (Å²) in [5, 5.41) is 0. The van der Waals surface area contributed by atoms with E-state index in [1.165, 1.54) is 6.07 Å². The predicted molar refractivity (Wildman–Crippen MR) is 78.9 cm³/mol. The number of nitrogens with two attached hydrogens (primary N) is 1. The number of halogens is 2. The van der Waals surface area contributed by atoms with Gasteiger partial charge in [0.2, 0.25) is 0 Å². The van der Waals surface area contributed by atoms with Gasteiger partial charge in [0.25, 0.3) is 0 Å². The molecule has 0 saturated heterocycles. The number of aromatic nitrogens is 2. The molecule has 108 valence electrons. The molecule has 0 aliphatic heterocycles. The van der Waals surface area contributed by atoms with Crippen LogP contribution < -0.4 is 5.73 Å². The molecule has 0 fully saturated rings. The van der Waals surface area contributed by atoms with E-state index in [4.69, 9.17) is 5.73 Å². The average Bonchev–Trinajstić information content (AvgIpc) is 2.79. The van der Waals surface area contributed by atoms with Gasteiger partial charge >= 0.3 is 0 Å². The van der Waals surface area contributed by atoms with Gasteiger partial charge in [-0.3, -0.25) is 0 Å². The molecule has 0 amide bonds. The van der Waals surface area contributed by atoms with E-state index in [2.05, 4.69) is 4.98 Å². The van der Waals surface area contributed by atoms with Crippen molar-refractivity contribution in [1.82, 2.24) is 9.55 Å². The second kappa shape index (κ2) is 5.26. The van der Waals surface area contributed by atoms with Crippen LogP contribution in [0.1, 0.15) is 5.56 Å². The molecule has 2 aromatic carbocycles. The summed E-state index contributed by atoms with van der Waals surface area (Å²) in [7, 11) is 0. The van der Waals surface area contributed by atoms with Crippen LogP contribution in [0.5, 0.6) is 0 Å². The molecule has 1 heterocycles. The largest absolute Gasteiger partial charge is 0.329 e. The Morgan fingerprint density at radius 3 is 2.57 bits per heavy atom. The van der Waals surface area contributed by atoms with Gasteiger partial charge in [-0.25, -0.2) is 13.8 Å². The standard InChI is InChI=1S/C16H15F2N3/c1-10-4-2-3-5-11(10)16-20-14-8-12(17)13(18)9-15(14)21(16)7-6-19/h2-5,8-9H,6-7,19H2,1H3. The summed E-state index contributed by atoms with van der Waals surface area (Å²) < 4.78 is 28.8. The van der Waals surface area contributed by atoms with Crippen LogP contribution in [0, 0.1) is 18.6 Å². The first-order valence-electron chi connectivity index (χ1n) is 6.73. The van der Waals surface area contributed by atoms with Crippen molar-refractivity contribution >= 4 is 11.0 Å². The predicted octanol–water partition coefficient (Wildman–Crippen LogP) is 3.25. The molecule has 1 aromatic heterocycles. The lowest BCUT2D eigenvalue weighted by Crippen LogP contribution is -2.11. The van der Waals surface area contributed by atoms with Crippen molar-refractivity contribution < 1.29 is 8.78 Å². The molecule has 2 N–H and O–H groups in total. The Morgan fingerprint density at radius 2 is 1.86 bits per heavy atom. The summed E-state index contributed by atoms with van der Waals surface area (Å²) >= 11 is 0. The minimum Gasteiger partial charge on any atom is -0.329 e. The van der Waals surface area contributed by atoms with E-state index in [0.717, 1.165) is 17.2 Å². The van der Waals surface area contributed by atoms with Crippen LogP contribution in [0.2, 0.25) is 0 Å². The van der Waals surface area contributed by atoms with Crippen molar-refractivity contribution in [2.24, 2.45) is 5.73 Å². The van der Waals surface area contributed by atoms with Crippen molar-refractivity contribution in [2.75, 3.05) is 6.54 Å². The lowest BCUT2D eigenvalue weighted by molar-refractivity contribution is 0.510. The number of fused-ring (bicyclic) bond motifs is 1. The van der Waals surface area contributed by atoms with Gasteiger partial charge in [0.1, 0.15) is 5.82 Å². The van der Waals surface area contributed by atoms with Gasteiger partial charge in [0, 0.05) is 30.8 Å². The summed E-state index contributed by atoms with van der Waals surface area (Å²) in [6.07, 6.45) is 0. The zero-order valence-corrected chi connectivity index (χ0v) is 11.6. The molecule has 3 rings (SSSR count). The Balaban J connectivity index is 2.32. The van der Waals surface area contributed by atoms with Crippen LogP contribution in [-0.4, -0.2) is 16.1 Å². The van der Waals surface area contributed by atoms with Crippen LogP contribution in [0.25, 0.3) is 22.4 Å². The number of imidazole rings is 1. The van der Waals surface area contributed by atoms with Crippen molar-refractivity contribution in [2.45, 2.75) is 13.5 Å². The molecule has 0 bridgehead atoms. The van der Waals surface area contributed by atoms with E-state index < -0.39 is 11.6 Å². The second-order valence-corrected chi connectivity index (χ2v) is 4.95. The number of benzene rings is 2. The molecular formula is C16H15F2N3. The number of hydrogen-bond donors (Lipinski definition) is 1. The zero-order valence-electron chi connectivity index (χ0n) is 11.6. The van der Waals surface area contributed by atoms with Gasteiger partial charge in [-0.05, 0) is 12.5 Å².